The number of hydrogen-bond donors (Lipinski definition) is 2. The summed E-state index contributed by atoms with van der Waals surface area (Å²) in [5, 5.41) is 32.8. The molecule has 2 fully saturated rings. The van der Waals surface area contributed by atoms with E-state index < -0.39 is 6.23 Å². The van der Waals surface area contributed by atoms with E-state index in [1.54, 1.807) is 0 Å². The lowest BCUT2D eigenvalue weighted by atomic mass is 9.76. The van der Waals surface area contributed by atoms with Gasteiger partial charge in [0.25, 0.3) is 0 Å². The number of halogens is 1. The zero-order valence-electron chi connectivity index (χ0n) is 23.3. The number of aliphatic hydroxyl groups excluding tert-OH is 1. The number of aliphatic hydroxyl groups is 1. The highest BCUT2D eigenvalue weighted by Crippen LogP contribution is 2.46. The summed E-state index contributed by atoms with van der Waals surface area (Å²) in [4.78, 5) is 16.9. The first-order chi connectivity index (χ1) is 20.6. The third-order valence-electron chi connectivity index (χ3n) is 9.23. The summed E-state index contributed by atoms with van der Waals surface area (Å²) in [6.07, 6.45) is 5.10. The second-order valence-corrected chi connectivity index (χ2v) is 11.9. The number of H-pyrrole nitrogens is 1. The summed E-state index contributed by atoms with van der Waals surface area (Å²) in [5.41, 5.74) is 3.33. The predicted octanol–water partition coefficient (Wildman–Crippen LogP) is 4.39. The molecule has 3 aliphatic rings. The van der Waals surface area contributed by atoms with Crippen molar-refractivity contribution in [2.45, 2.75) is 69.7 Å². The van der Waals surface area contributed by atoms with Crippen LogP contribution in [-0.4, -0.2) is 72.5 Å². The van der Waals surface area contributed by atoms with Crippen molar-refractivity contribution in [3.8, 4) is 5.75 Å². The zero-order valence-corrected chi connectivity index (χ0v) is 24.0. The predicted molar refractivity (Wildman–Crippen MR) is 154 cm³/mol. The Labute approximate surface area is 248 Å². The summed E-state index contributed by atoms with van der Waals surface area (Å²) in [7, 11) is 0. The van der Waals surface area contributed by atoms with Crippen LogP contribution < -0.4 is 4.74 Å². The van der Waals surface area contributed by atoms with Gasteiger partial charge in [-0.2, -0.15) is 5.21 Å². The summed E-state index contributed by atoms with van der Waals surface area (Å²) in [6.45, 7) is 1.97. The molecule has 12 heteroatoms. The third kappa shape index (κ3) is 5.03. The van der Waals surface area contributed by atoms with E-state index in [9.17, 15) is 9.90 Å². The fourth-order valence-electron chi connectivity index (χ4n) is 7.14. The van der Waals surface area contributed by atoms with Crippen molar-refractivity contribution in [3.05, 3.63) is 64.1 Å². The molecule has 1 saturated heterocycles. The molecule has 220 valence electrons. The Morgan fingerprint density at radius 1 is 1.12 bits per heavy atom. The largest absolute Gasteiger partial charge is 0.487 e. The van der Waals surface area contributed by atoms with E-state index in [-0.39, 0.29) is 30.4 Å². The highest BCUT2D eigenvalue weighted by molar-refractivity contribution is 6.31. The number of aromatic amines is 1. The number of amides is 1. The molecule has 2 aromatic heterocycles. The lowest BCUT2D eigenvalue weighted by Gasteiger charge is -2.46. The summed E-state index contributed by atoms with van der Waals surface area (Å²) < 4.78 is 12.0. The first-order valence-electron chi connectivity index (χ1n) is 14.8. The van der Waals surface area contributed by atoms with Gasteiger partial charge >= 0.3 is 0 Å². The van der Waals surface area contributed by atoms with Crippen LogP contribution in [0.2, 0.25) is 5.02 Å². The number of nitrogens with zero attached hydrogens (tertiary/aromatic N) is 6. The molecular weight excluding hydrogens is 558 g/mol. The molecule has 1 saturated carbocycles. The standard InChI is InChI=1S/C30H34ClN7O4/c31-22-11-12-26(41-17-23-21-8-3-4-9-25(21)42-34-23)28-20(22)13-15-38(24(28)16-37-14-5-10-27(37)39)30(40)19-7-2-1-6-18(19)29-32-35-36-33-29/h3-4,8-9,11-12,18-19,24,30,40H,1-2,5-7,10,13-17H2,(H,32,33,35,36)/t18-,19+,24?,30?/m0/s1. The highest BCUT2D eigenvalue weighted by Gasteiger charge is 2.43. The Balaban J connectivity index is 1.24. The smallest absolute Gasteiger partial charge is 0.222 e. The fraction of sp³-hybridized carbons (Fsp3) is 0.500. The SMILES string of the molecule is O=C1CCCN1CC1c2c(OCc3noc4ccccc34)ccc(Cl)c2CCN1C(O)[C@@H]1CCCC[C@@H]1c1nn[nH]n1. The molecule has 4 atom stereocenters. The van der Waals surface area contributed by atoms with Crippen molar-refractivity contribution >= 4 is 28.5 Å². The molecule has 0 bridgehead atoms. The van der Waals surface area contributed by atoms with Crippen molar-refractivity contribution in [2.24, 2.45) is 5.92 Å². The van der Waals surface area contributed by atoms with E-state index in [2.05, 4.69) is 30.7 Å². The van der Waals surface area contributed by atoms with Crippen LogP contribution in [0.15, 0.2) is 40.9 Å². The van der Waals surface area contributed by atoms with Crippen LogP contribution in [0.5, 0.6) is 5.75 Å². The maximum absolute atomic E-state index is 12.8. The lowest BCUT2D eigenvalue weighted by molar-refractivity contribution is -0.131. The molecule has 2 aliphatic heterocycles. The molecular formula is C30H34ClN7O4. The van der Waals surface area contributed by atoms with Crippen LogP contribution in [0.1, 0.15) is 73.1 Å². The van der Waals surface area contributed by atoms with Crippen LogP contribution in [-0.2, 0) is 17.8 Å². The maximum Gasteiger partial charge on any atom is 0.222 e. The molecule has 1 aliphatic carbocycles. The molecule has 2 unspecified atom stereocenters. The fourth-order valence-corrected chi connectivity index (χ4v) is 7.40. The number of carbonyl (C=O) groups is 1. The molecule has 4 aromatic rings. The third-order valence-corrected chi connectivity index (χ3v) is 9.58. The number of likely N-dealkylation sites (tertiary alicyclic amines) is 1. The molecule has 42 heavy (non-hydrogen) atoms. The van der Waals surface area contributed by atoms with Gasteiger partial charge in [-0.3, -0.25) is 9.69 Å². The molecule has 0 radical (unpaired) electrons. The minimum atomic E-state index is -0.768. The van der Waals surface area contributed by atoms with Crippen LogP contribution in [0, 0.1) is 5.92 Å². The molecule has 2 N–H and O–H groups in total. The van der Waals surface area contributed by atoms with Gasteiger partial charge in [0, 0.05) is 53.9 Å². The first kappa shape index (κ1) is 27.3. The first-order valence-corrected chi connectivity index (χ1v) is 15.2. The van der Waals surface area contributed by atoms with Gasteiger partial charge in [-0.15, -0.1) is 10.2 Å². The molecule has 2 aromatic carbocycles. The minimum Gasteiger partial charge on any atom is -0.487 e. The van der Waals surface area contributed by atoms with Crippen molar-refractivity contribution in [2.75, 3.05) is 19.6 Å². The number of aromatic nitrogens is 5. The highest BCUT2D eigenvalue weighted by atomic mass is 35.5. The van der Waals surface area contributed by atoms with Crippen molar-refractivity contribution in [1.82, 2.24) is 35.6 Å². The van der Waals surface area contributed by atoms with E-state index in [0.717, 1.165) is 48.6 Å². The molecule has 0 spiro atoms. The van der Waals surface area contributed by atoms with Gasteiger partial charge in [-0.05, 0) is 55.5 Å². The maximum atomic E-state index is 12.8. The Bertz CT molecular complexity index is 1560. The van der Waals surface area contributed by atoms with Gasteiger partial charge < -0.3 is 19.3 Å². The Hall–Kier alpha value is -3.54. The van der Waals surface area contributed by atoms with Crippen molar-refractivity contribution in [3.63, 3.8) is 0 Å². The summed E-state index contributed by atoms with van der Waals surface area (Å²) in [6, 6.07) is 11.2. The number of para-hydroxylation sites is 1. The summed E-state index contributed by atoms with van der Waals surface area (Å²) in [5.74, 6) is 1.39. The number of tetrazole rings is 1. The average molecular weight is 592 g/mol. The quantitative estimate of drug-likeness (QED) is 0.306. The van der Waals surface area contributed by atoms with E-state index in [1.807, 2.05) is 41.3 Å². The van der Waals surface area contributed by atoms with Gasteiger partial charge in [0.2, 0.25) is 5.91 Å². The second-order valence-electron chi connectivity index (χ2n) is 11.5. The van der Waals surface area contributed by atoms with E-state index in [4.69, 9.17) is 20.9 Å². The lowest BCUT2D eigenvalue weighted by Crippen LogP contribution is -2.51. The zero-order chi connectivity index (χ0) is 28.6. The van der Waals surface area contributed by atoms with Crippen molar-refractivity contribution in [1.29, 1.82) is 0 Å². The number of carbonyl (C=O) groups excluding carboxylic acids is 1. The van der Waals surface area contributed by atoms with E-state index in [0.29, 0.717) is 60.3 Å². The molecule has 1 amide bonds. The second kappa shape index (κ2) is 11.6. The van der Waals surface area contributed by atoms with Crippen LogP contribution in [0.3, 0.4) is 0 Å². The Morgan fingerprint density at radius 2 is 2.00 bits per heavy atom. The normalized spacial score (nSPS) is 23.8. The number of hydrogen-bond acceptors (Lipinski definition) is 9. The topological polar surface area (TPSA) is 134 Å². The number of fused-ring (bicyclic) bond motifs is 2. The number of nitrogens with one attached hydrogen (secondary N) is 1. The van der Waals surface area contributed by atoms with Gasteiger partial charge in [0.15, 0.2) is 11.4 Å². The van der Waals surface area contributed by atoms with Gasteiger partial charge in [0.05, 0.1) is 6.04 Å². The monoisotopic (exact) mass is 591 g/mol. The van der Waals surface area contributed by atoms with Crippen LogP contribution in [0.4, 0.5) is 0 Å². The van der Waals surface area contributed by atoms with Gasteiger partial charge in [-0.1, -0.05) is 46.9 Å². The van der Waals surface area contributed by atoms with Gasteiger partial charge in [-0.25, -0.2) is 0 Å². The Morgan fingerprint density at radius 3 is 2.83 bits per heavy atom. The molecule has 11 nitrogen and oxygen atoms in total. The van der Waals surface area contributed by atoms with Crippen LogP contribution in [0.25, 0.3) is 11.0 Å². The number of rotatable bonds is 8. The molecule has 7 rings (SSSR count). The summed E-state index contributed by atoms with van der Waals surface area (Å²) >= 11 is 6.80. The Kier molecular flexibility index (Phi) is 7.55. The van der Waals surface area contributed by atoms with Crippen LogP contribution >= 0.6 is 11.6 Å². The average Bonchev–Trinajstić information content (AvgIpc) is 3.79. The molecule has 4 heterocycles. The van der Waals surface area contributed by atoms with Crippen molar-refractivity contribution < 1.29 is 19.2 Å². The van der Waals surface area contributed by atoms with Gasteiger partial charge in [0.1, 0.15) is 24.3 Å². The number of ether oxygens (including phenoxy) is 1. The van der Waals surface area contributed by atoms with E-state index in [1.165, 1.54) is 0 Å². The number of benzene rings is 2. The van der Waals surface area contributed by atoms with E-state index >= 15 is 0 Å². The minimum absolute atomic E-state index is 0.00139.